The maximum atomic E-state index is 9.95. The molecule has 0 spiro atoms. The van der Waals surface area contributed by atoms with Crippen LogP contribution in [0.2, 0.25) is 0 Å². The van der Waals surface area contributed by atoms with Gasteiger partial charge in [-0.05, 0) is 6.42 Å². The summed E-state index contributed by atoms with van der Waals surface area (Å²) in [5.74, 6) is -2.16. The van der Waals surface area contributed by atoms with E-state index in [1.54, 1.807) is 0 Å². The summed E-state index contributed by atoms with van der Waals surface area (Å²) >= 11 is 0. The SMILES string of the molecule is O=C(O)CCC(O)CC(=O)O.[H-].[H-].[K+].[K+]. The van der Waals surface area contributed by atoms with Gasteiger partial charge in [0.05, 0.1) is 12.5 Å². The molecule has 0 amide bonds. The van der Waals surface area contributed by atoms with Crippen LogP contribution in [0.1, 0.15) is 22.1 Å². The molecule has 0 heterocycles. The second kappa shape index (κ2) is 12.2. The molecule has 3 N–H and O–H groups in total. The van der Waals surface area contributed by atoms with Crippen LogP contribution in [0, 0.1) is 0 Å². The Bertz CT molecular complexity index is 170. The van der Waals surface area contributed by atoms with E-state index in [0.29, 0.717) is 0 Å². The van der Waals surface area contributed by atoms with Crippen LogP contribution in [0.4, 0.5) is 0 Å². The van der Waals surface area contributed by atoms with E-state index in [4.69, 9.17) is 15.3 Å². The third-order valence-corrected chi connectivity index (χ3v) is 1.10. The van der Waals surface area contributed by atoms with Crippen LogP contribution in [0.3, 0.4) is 0 Å². The smallest absolute Gasteiger partial charge is 1.00 e. The third-order valence-electron chi connectivity index (χ3n) is 1.10. The number of rotatable bonds is 5. The van der Waals surface area contributed by atoms with Crippen molar-refractivity contribution in [2.45, 2.75) is 25.4 Å². The second-order valence-electron chi connectivity index (χ2n) is 2.18. The maximum Gasteiger partial charge on any atom is 1.00 e. The van der Waals surface area contributed by atoms with Gasteiger partial charge in [0.25, 0.3) is 0 Å². The van der Waals surface area contributed by atoms with Crippen molar-refractivity contribution < 1.29 is 131 Å². The molecule has 68 valence electrons. The molecular weight excluding hydrogens is 230 g/mol. The Labute approximate surface area is 164 Å². The van der Waals surface area contributed by atoms with Gasteiger partial charge < -0.3 is 18.2 Å². The molecule has 0 aromatic carbocycles. The second-order valence-corrected chi connectivity index (χ2v) is 2.18. The summed E-state index contributed by atoms with van der Waals surface area (Å²) in [4.78, 5) is 19.9. The number of carboxylic acids is 2. The largest absolute Gasteiger partial charge is 1.00 e. The van der Waals surface area contributed by atoms with Gasteiger partial charge in [0, 0.05) is 6.42 Å². The van der Waals surface area contributed by atoms with Gasteiger partial charge in [0.2, 0.25) is 0 Å². The van der Waals surface area contributed by atoms with E-state index in [1.807, 2.05) is 0 Å². The minimum absolute atomic E-state index is 0. The number of carboxylic acid groups (broad SMARTS) is 2. The summed E-state index contributed by atoms with van der Waals surface area (Å²) in [7, 11) is 0. The number of aliphatic carboxylic acids is 2. The number of aliphatic hydroxyl groups excluding tert-OH is 1. The zero-order valence-corrected chi connectivity index (χ0v) is 14.1. The van der Waals surface area contributed by atoms with Gasteiger partial charge in [-0.3, -0.25) is 9.59 Å². The van der Waals surface area contributed by atoms with Crippen molar-refractivity contribution in [1.82, 2.24) is 0 Å². The monoisotopic (exact) mass is 242 g/mol. The molecule has 0 saturated heterocycles. The van der Waals surface area contributed by atoms with Gasteiger partial charge >= 0.3 is 115 Å². The molecule has 0 bridgehead atoms. The van der Waals surface area contributed by atoms with Crippen LogP contribution >= 0.6 is 0 Å². The molecule has 0 aliphatic carbocycles. The van der Waals surface area contributed by atoms with Crippen LogP contribution < -0.4 is 103 Å². The van der Waals surface area contributed by atoms with Crippen LogP contribution in [0.25, 0.3) is 0 Å². The molecule has 0 aromatic rings. The Balaban J connectivity index is -0.0000000833. The molecule has 0 fully saturated rings. The summed E-state index contributed by atoms with van der Waals surface area (Å²) in [5, 5.41) is 25.1. The van der Waals surface area contributed by atoms with Crippen molar-refractivity contribution in [2.75, 3.05) is 0 Å². The summed E-state index contributed by atoms with van der Waals surface area (Å²) in [6.07, 6.45) is -1.66. The Morgan fingerprint density at radius 3 is 1.92 bits per heavy atom. The van der Waals surface area contributed by atoms with Crippen molar-refractivity contribution in [1.29, 1.82) is 0 Å². The number of aliphatic hydroxyl groups is 1. The van der Waals surface area contributed by atoms with Gasteiger partial charge in [0.15, 0.2) is 0 Å². The Kier molecular flexibility index (Phi) is 19.4. The molecule has 5 nitrogen and oxygen atoms in total. The third kappa shape index (κ3) is 16.8. The van der Waals surface area contributed by atoms with Crippen LogP contribution in [0.5, 0.6) is 0 Å². The van der Waals surface area contributed by atoms with E-state index < -0.39 is 24.5 Å². The summed E-state index contributed by atoms with van der Waals surface area (Å²) in [5.41, 5.74) is 0. The van der Waals surface area contributed by atoms with Crippen molar-refractivity contribution in [2.24, 2.45) is 0 Å². The fraction of sp³-hybridized carbons (Fsp3) is 0.667. The van der Waals surface area contributed by atoms with E-state index in [1.165, 1.54) is 0 Å². The van der Waals surface area contributed by atoms with E-state index in [2.05, 4.69) is 0 Å². The summed E-state index contributed by atoms with van der Waals surface area (Å²) < 4.78 is 0. The maximum absolute atomic E-state index is 9.95. The van der Waals surface area contributed by atoms with Gasteiger partial charge in [-0.1, -0.05) is 0 Å². The molecule has 7 heteroatoms. The number of carbonyl (C=O) groups is 2. The van der Waals surface area contributed by atoms with Crippen molar-refractivity contribution in [3.05, 3.63) is 0 Å². The average Bonchev–Trinajstić information content (AvgIpc) is 1.82. The van der Waals surface area contributed by atoms with Gasteiger partial charge in [-0.2, -0.15) is 0 Å². The van der Waals surface area contributed by atoms with Crippen molar-refractivity contribution in [3.63, 3.8) is 0 Å². The first-order valence-electron chi connectivity index (χ1n) is 3.14. The first-order chi connectivity index (χ1) is 5.02. The van der Waals surface area contributed by atoms with E-state index in [0.717, 1.165) is 0 Å². The molecule has 0 aliphatic rings. The van der Waals surface area contributed by atoms with Gasteiger partial charge in [-0.15, -0.1) is 0 Å². The standard InChI is InChI=1S/C6H10O5.2K.2H/c7-4(3-6(10)11)1-2-5(8)9;;;;/h4,7H,1-3H2,(H,8,9)(H,10,11);;;;/q;2*+1;2*-1. The van der Waals surface area contributed by atoms with E-state index in [9.17, 15) is 9.59 Å². The topological polar surface area (TPSA) is 94.8 Å². The van der Waals surface area contributed by atoms with E-state index >= 15 is 0 Å². The minimum atomic E-state index is -1.12. The predicted octanol–water partition coefficient (Wildman–Crippen LogP) is -6.08. The molecular formula is C6H12K2O5. The first kappa shape index (κ1) is 20.6. The molecule has 0 aromatic heterocycles. The van der Waals surface area contributed by atoms with Crippen LogP contribution in [-0.4, -0.2) is 33.4 Å². The molecule has 1 atom stereocenters. The summed E-state index contributed by atoms with van der Waals surface area (Å²) in [6.45, 7) is 0. The molecule has 1 unspecified atom stereocenters. The summed E-state index contributed by atoms with van der Waals surface area (Å²) in [6, 6.07) is 0. The number of hydrogen-bond donors (Lipinski definition) is 3. The molecule has 13 heavy (non-hydrogen) atoms. The van der Waals surface area contributed by atoms with Crippen molar-refractivity contribution >= 4 is 11.9 Å². The molecule has 0 rings (SSSR count). The quantitative estimate of drug-likeness (QED) is 0.417. The zero-order valence-electron chi connectivity index (χ0n) is 9.86. The molecule has 0 aliphatic heterocycles. The Morgan fingerprint density at radius 1 is 1.15 bits per heavy atom. The van der Waals surface area contributed by atoms with Gasteiger partial charge in [0.1, 0.15) is 0 Å². The van der Waals surface area contributed by atoms with E-state index in [-0.39, 0.29) is 118 Å². The number of hydrogen-bond acceptors (Lipinski definition) is 3. The van der Waals surface area contributed by atoms with Crippen molar-refractivity contribution in [3.8, 4) is 0 Å². The fourth-order valence-corrected chi connectivity index (χ4v) is 0.594. The zero-order chi connectivity index (χ0) is 8.85. The fourth-order valence-electron chi connectivity index (χ4n) is 0.594. The first-order valence-corrected chi connectivity index (χ1v) is 3.14. The predicted molar refractivity (Wildman–Crippen MR) is 37.4 cm³/mol. The van der Waals surface area contributed by atoms with Gasteiger partial charge in [-0.25, -0.2) is 0 Å². The normalized spacial score (nSPS) is 10.5. The molecule has 0 saturated carbocycles. The average molecular weight is 242 g/mol. The van der Waals surface area contributed by atoms with Crippen LogP contribution in [-0.2, 0) is 9.59 Å². The van der Waals surface area contributed by atoms with Crippen LogP contribution in [0.15, 0.2) is 0 Å². The minimum Gasteiger partial charge on any atom is -1.00 e. The Morgan fingerprint density at radius 2 is 1.62 bits per heavy atom. The molecule has 0 radical (unpaired) electrons. The Hall–Kier alpha value is 2.17.